The molecule has 0 atom stereocenters. The summed E-state index contributed by atoms with van der Waals surface area (Å²) >= 11 is 6.73. The average Bonchev–Trinajstić information content (AvgIpc) is 3.55. The molecule has 1 aliphatic rings. The van der Waals surface area contributed by atoms with E-state index >= 15 is 0 Å². The van der Waals surface area contributed by atoms with Gasteiger partial charge in [0, 0.05) is 60.4 Å². The molecule has 0 bridgehead atoms. The third kappa shape index (κ3) is 6.24. The number of sulfonamides is 1. The van der Waals surface area contributed by atoms with Gasteiger partial charge in [0.2, 0.25) is 20.3 Å². The number of nitrogens with zero attached hydrogens (tertiary/aromatic N) is 4. The quantitative estimate of drug-likeness (QED) is 0.227. The van der Waals surface area contributed by atoms with Crippen LogP contribution in [0.4, 0.5) is 10.3 Å². The summed E-state index contributed by atoms with van der Waals surface area (Å²) in [5, 5.41) is 17.8. The Kier molecular flexibility index (Phi) is 8.17. The van der Waals surface area contributed by atoms with Crippen LogP contribution in [-0.4, -0.2) is 58.4 Å². The molecule has 2 aromatic heterocycles. The number of fused-ring (bicyclic) bond motifs is 1. The molecule has 0 saturated carbocycles. The van der Waals surface area contributed by atoms with Gasteiger partial charge in [0.25, 0.3) is 0 Å². The number of thiocarbonyl (C=S) groups is 1. The molecule has 4 N–H and O–H groups in total. The summed E-state index contributed by atoms with van der Waals surface area (Å²) in [5.74, 6) is 0. The number of hydrogen-bond acceptors (Lipinski definition) is 8. The van der Waals surface area contributed by atoms with Crippen LogP contribution in [0.5, 0.6) is 0 Å². The van der Waals surface area contributed by atoms with Crippen LogP contribution in [0.3, 0.4) is 0 Å². The first-order valence-electron chi connectivity index (χ1n) is 13.0. The van der Waals surface area contributed by atoms with Gasteiger partial charge >= 0.3 is 0 Å². The Morgan fingerprint density at radius 1 is 1.13 bits per heavy atom. The van der Waals surface area contributed by atoms with Gasteiger partial charge in [-0.1, -0.05) is 60.8 Å². The normalized spacial score (nSPS) is 15.0. The predicted molar refractivity (Wildman–Crippen MR) is 164 cm³/mol. The zero-order chi connectivity index (χ0) is 27.6. The number of aromatic nitrogens is 3. The molecule has 0 aliphatic carbocycles. The van der Waals surface area contributed by atoms with Crippen LogP contribution in [0.25, 0.3) is 22.0 Å². The van der Waals surface area contributed by atoms with Crippen molar-refractivity contribution in [2.24, 2.45) is 5.73 Å². The molecule has 206 valence electrons. The molecule has 2 aromatic carbocycles. The fourth-order valence-corrected chi connectivity index (χ4v) is 6.67. The first-order chi connectivity index (χ1) is 18.7. The summed E-state index contributed by atoms with van der Waals surface area (Å²) in [6, 6.07) is 14.7. The van der Waals surface area contributed by atoms with Crippen LogP contribution >= 0.6 is 23.6 Å². The standard InChI is InChI=1S/C27H33N7O2S3/c1-3-11-29-26-31-32-27(38-26)30-16-18-7-8-22-23(19-5-4-6-20(15-19)25(28)37)17-34(24(22)14-18)21-9-12-33(13-10-21)39(2,35)36/h4-8,14-15,17,21H,3,9-13,16H2,1-2H3,(H2,28,37)(H,29,31)(H,30,32). The summed E-state index contributed by atoms with van der Waals surface area (Å²) in [4.78, 5) is 0.367. The summed E-state index contributed by atoms with van der Waals surface area (Å²) in [6.07, 6.45) is 6.01. The van der Waals surface area contributed by atoms with Gasteiger partial charge in [-0.15, -0.1) is 10.2 Å². The van der Waals surface area contributed by atoms with Gasteiger partial charge in [0.15, 0.2) is 0 Å². The second-order valence-electron chi connectivity index (χ2n) is 9.83. The van der Waals surface area contributed by atoms with Crippen molar-refractivity contribution in [1.82, 2.24) is 19.1 Å². The number of rotatable bonds is 10. The lowest BCUT2D eigenvalue weighted by Crippen LogP contribution is -2.38. The molecule has 9 nitrogen and oxygen atoms in total. The average molecular weight is 584 g/mol. The molecule has 1 saturated heterocycles. The van der Waals surface area contributed by atoms with Gasteiger partial charge in [-0.25, -0.2) is 12.7 Å². The molecule has 5 rings (SSSR count). The van der Waals surface area contributed by atoms with Crippen LogP contribution < -0.4 is 16.4 Å². The molecule has 12 heteroatoms. The molecular formula is C27H33N7O2S3. The van der Waals surface area contributed by atoms with Crippen molar-refractivity contribution in [2.75, 3.05) is 36.5 Å². The topological polar surface area (TPSA) is 118 Å². The van der Waals surface area contributed by atoms with Crippen molar-refractivity contribution in [3.05, 3.63) is 59.8 Å². The van der Waals surface area contributed by atoms with E-state index in [2.05, 4.69) is 62.8 Å². The number of hydrogen-bond donors (Lipinski definition) is 3. The lowest BCUT2D eigenvalue weighted by Gasteiger charge is -2.31. The lowest BCUT2D eigenvalue weighted by atomic mass is 10.0. The van der Waals surface area contributed by atoms with E-state index in [0.29, 0.717) is 24.6 Å². The molecule has 0 unspecified atom stereocenters. The minimum absolute atomic E-state index is 0.191. The van der Waals surface area contributed by atoms with Crippen LogP contribution in [0.1, 0.15) is 43.4 Å². The van der Waals surface area contributed by atoms with E-state index in [9.17, 15) is 8.42 Å². The first-order valence-corrected chi connectivity index (χ1v) is 16.1. The molecule has 0 radical (unpaired) electrons. The lowest BCUT2D eigenvalue weighted by molar-refractivity contribution is 0.279. The van der Waals surface area contributed by atoms with E-state index in [4.69, 9.17) is 18.0 Å². The van der Waals surface area contributed by atoms with Crippen LogP contribution in [0.2, 0.25) is 0 Å². The van der Waals surface area contributed by atoms with Crippen molar-refractivity contribution >= 4 is 59.7 Å². The van der Waals surface area contributed by atoms with E-state index in [-0.39, 0.29) is 6.04 Å². The molecule has 1 aliphatic heterocycles. The number of piperidine rings is 1. The monoisotopic (exact) mass is 583 g/mol. The fourth-order valence-electron chi connectivity index (χ4n) is 5.01. The smallest absolute Gasteiger partial charge is 0.211 e. The highest BCUT2D eigenvalue weighted by atomic mass is 32.2. The molecule has 3 heterocycles. The highest BCUT2D eigenvalue weighted by Crippen LogP contribution is 2.36. The second-order valence-corrected chi connectivity index (χ2v) is 13.2. The Morgan fingerprint density at radius 3 is 2.56 bits per heavy atom. The Balaban J connectivity index is 1.46. The Labute approximate surface area is 238 Å². The third-order valence-electron chi connectivity index (χ3n) is 7.04. The number of nitrogens with one attached hydrogen (secondary N) is 2. The van der Waals surface area contributed by atoms with E-state index < -0.39 is 10.0 Å². The van der Waals surface area contributed by atoms with Crippen molar-refractivity contribution < 1.29 is 8.42 Å². The second kappa shape index (κ2) is 11.6. The van der Waals surface area contributed by atoms with Crippen molar-refractivity contribution in [1.29, 1.82) is 0 Å². The zero-order valence-corrected chi connectivity index (χ0v) is 24.5. The van der Waals surface area contributed by atoms with E-state index in [1.807, 2.05) is 18.2 Å². The van der Waals surface area contributed by atoms with Gasteiger partial charge in [0.05, 0.1) is 6.26 Å². The summed E-state index contributed by atoms with van der Waals surface area (Å²) in [7, 11) is -3.19. The number of nitrogens with two attached hydrogens (primary N) is 1. The third-order valence-corrected chi connectivity index (χ3v) is 9.42. The van der Waals surface area contributed by atoms with E-state index in [1.54, 1.807) is 4.31 Å². The minimum Gasteiger partial charge on any atom is -0.389 e. The van der Waals surface area contributed by atoms with Gasteiger partial charge in [0.1, 0.15) is 4.99 Å². The molecule has 1 fully saturated rings. The minimum atomic E-state index is -3.19. The molecule has 0 spiro atoms. The van der Waals surface area contributed by atoms with Crippen molar-refractivity contribution in [3.63, 3.8) is 0 Å². The predicted octanol–water partition coefficient (Wildman–Crippen LogP) is 4.82. The highest BCUT2D eigenvalue weighted by molar-refractivity contribution is 7.88. The van der Waals surface area contributed by atoms with E-state index in [1.165, 1.54) is 17.6 Å². The molecule has 4 aromatic rings. The highest BCUT2D eigenvalue weighted by Gasteiger charge is 2.27. The maximum Gasteiger partial charge on any atom is 0.211 e. The Morgan fingerprint density at radius 2 is 1.87 bits per heavy atom. The van der Waals surface area contributed by atoms with Crippen molar-refractivity contribution in [2.45, 2.75) is 38.8 Å². The van der Waals surface area contributed by atoms with Crippen LogP contribution in [-0.2, 0) is 16.6 Å². The largest absolute Gasteiger partial charge is 0.389 e. The van der Waals surface area contributed by atoms with Gasteiger partial charge in [-0.05, 0) is 42.5 Å². The molecular weight excluding hydrogens is 551 g/mol. The summed E-state index contributed by atoms with van der Waals surface area (Å²) in [5.41, 5.74) is 11.1. The summed E-state index contributed by atoms with van der Waals surface area (Å²) < 4.78 is 28.1. The van der Waals surface area contributed by atoms with Crippen LogP contribution in [0.15, 0.2) is 48.7 Å². The molecule has 39 heavy (non-hydrogen) atoms. The SMILES string of the molecule is CCCNc1nnc(NCc2ccc3c(-c4cccc(C(N)=S)c4)cn(C4CCN(S(C)(=O)=O)CC4)c3c2)s1. The zero-order valence-electron chi connectivity index (χ0n) is 22.1. The summed E-state index contributed by atoms with van der Waals surface area (Å²) in [6.45, 7) is 4.63. The maximum atomic E-state index is 12.1. The van der Waals surface area contributed by atoms with Crippen LogP contribution in [0, 0.1) is 0 Å². The van der Waals surface area contributed by atoms with Gasteiger partial charge in [-0.2, -0.15) is 0 Å². The maximum absolute atomic E-state index is 12.1. The number of anilines is 2. The molecule has 0 amide bonds. The first kappa shape index (κ1) is 27.5. The van der Waals surface area contributed by atoms with E-state index in [0.717, 1.165) is 69.2 Å². The van der Waals surface area contributed by atoms with Crippen molar-refractivity contribution in [3.8, 4) is 11.1 Å². The Hall–Kier alpha value is -3.06. The number of benzene rings is 2. The van der Waals surface area contributed by atoms with Gasteiger partial charge in [-0.3, -0.25) is 0 Å². The Bertz CT molecular complexity index is 1590. The fraction of sp³-hybridized carbons (Fsp3) is 0.370. The van der Waals surface area contributed by atoms with Gasteiger partial charge < -0.3 is 20.9 Å².